The zero-order valence-electron chi connectivity index (χ0n) is 12.4. The maximum Gasteiger partial charge on any atom is 0.242 e. The summed E-state index contributed by atoms with van der Waals surface area (Å²) in [7, 11) is 0. The van der Waals surface area contributed by atoms with E-state index in [1.807, 2.05) is 0 Å². The Hall–Kier alpha value is -1.74. The van der Waals surface area contributed by atoms with Crippen molar-refractivity contribution in [3.63, 3.8) is 0 Å². The molecule has 1 atom stereocenters. The average Bonchev–Trinajstić information content (AvgIpc) is 2.88. The summed E-state index contributed by atoms with van der Waals surface area (Å²) >= 11 is 6.41. The third-order valence-electron chi connectivity index (χ3n) is 3.69. The quantitative estimate of drug-likeness (QED) is 0.739. The highest BCUT2D eigenvalue weighted by Gasteiger charge is 2.32. The molecule has 7 nitrogen and oxygen atoms in total. The molecule has 0 radical (unpaired) electrons. The molecule has 23 heavy (non-hydrogen) atoms. The van der Waals surface area contributed by atoms with E-state index in [0.717, 1.165) is 12.8 Å². The van der Waals surface area contributed by atoms with Crippen molar-refractivity contribution < 1.29 is 14.3 Å². The van der Waals surface area contributed by atoms with Crippen molar-refractivity contribution in [2.45, 2.75) is 18.9 Å². The van der Waals surface area contributed by atoms with Crippen LogP contribution in [0.25, 0.3) is 0 Å². The number of carbonyl (C=O) groups excluding carboxylic acids is 2. The van der Waals surface area contributed by atoms with Gasteiger partial charge < -0.3 is 9.64 Å². The molecule has 2 amide bonds. The van der Waals surface area contributed by atoms with E-state index in [1.54, 1.807) is 23.5 Å². The Morgan fingerprint density at radius 1 is 1.48 bits per heavy atom. The molecule has 0 aromatic carbocycles. The maximum atomic E-state index is 12.4. The van der Waals surface area contributed by atoms with Gasteiger partial charge in [0.25, 0.3) is 0 Å². The van der Waals surface area contributed by atoms with Gasteiger partial charge in [0.05, 0.1) is 18.5 Å². The molecule has 0 saturated carbocycles. The Labute approximate surface area is 143 Å². The van der Waals surface area contributed by atoms with Crippen LogP contribution in [-0.4, -0.2) is 67.4 Å². The number of nitrogens with zero attached hydrogens (tertiary/aromatic N) is 4. The van der Waals surface area contributed by atoms with E-state index in [-0.39, 0.29) is 24.5 Å². The molecular weight excluding hydrogens is 336 g/mol. The van der Waals surface area contributed by atoms with Crippen molar-refractivity contribution >= 4 is 40.1 Å². The Morgan fingerprint density at radius 3 is 3.04 bits per heavy atom. The SMILES string of the molecule is O=C(CN1C(=O)CSC1=S)N1CCCC(Oc2cnccn2)C1. The number of hydrogen-bond donors (Lipinski definition) is 0. The summed E-state index contributed by atoms with van der Waals surface area (Å²) < 4.78 is 6.25. The molecule has 2 aliphatic heterocycles. The van der Waals surface area contributed by atoms with Gasteiger partial charge in [0.1, 0.15) is 17.0 Å². The van der Waals surface area contributed by atoms with Crippen molar-refractivity contribution in [2.24, 2.45) is 0 Å². The van der Waals surface area contributed by atoms with Gasteiger partial charge in [-0.25, -0.2) is 4.98 Å². The van der Waals surface area contributed by atoms with Crippen molar-refractivity contribution in [2.75, 3.05) is 25.4 Å². The fourth-order valence-electron chi connectivity index (χ4n) is 2.55. The third-order valence-corrected chi connectivity index (χ3v) is 5.12. The Morgan fingerprint density at radius 2 is 2.35 bits per heavy atom. The van der Waals surface area contributed by atoms with Gasteiger partial charge in [0, 0.05) is 18.9 Å². The minimum atomic E-state index is -0.111. The van der Waals surface area contributed by atoms with Crippen LogP contribution < -0.4 is 4.74 Å². The van der Waals surface area contributed by atoms with Crippen LogP contribution in [0.5, 0.6) is 5.88 Å². The van der Waals surface area contributed by atoms with Gasteiger partial charge >= 0.3 is 0 Å². The molecule has 1 aromatic heterocycles. The van der Waals surface area contributed by atoms with Crippen LogP contribution in [0.15, 0.2) is 18.6 Å². The number of thiocarbonyl (C=S) groups is 1. The Kier molecular flexibility index (Phi) is 5.06. The van der Waals surface area contributed by atoms with E-state index < -0.39 is 0 Å². The largest absolute Gasteiger partial charge is 0.471 e. The van der Waals surface area contributed by atoms with Gasteiger partial charge in [0.2, 0.25) is 17.7 Å². The second-order valence-electron chi connectivity index (χ2n) is 5.30. The van der Waals surface area contributed by atoms with E-state index in [9.17, 15) is 9.59 Å². The molecule has 0 spiro atoms. The number of ether oxygens (including phenoxy) is 1. The van der Waals surface area contributed by atoms with Crippen LogP contribution >= 0.6 is 24.0 Å². The molecule has 3 heterocycles. The highest BCUT2D eigenvalue weighted by Crippen LogP contribution is 2.20. The van der Waals surface area contributed by atoms with Crippen molar-refractivity contribution in [1.29, 1.82) is 0 Å². The maximum absolute atomic E-state index is 12.4. The van der Waals surface area contributed by atoms with Crippen molar-refractivity contribution in [1.82, 2.24) is 19.8 Å². The van der Waals surface area contributed by atoms with E-state index in [2.05, 4.69) is 9.97 Å². The van der Waals surface area contributed by atoms with Gasteiger partial charge in [-0.05, 0) is 12.8 Å². The fourth-order valence-corrected chi connectivity index (χ4v) is 3.62. The number of piperidine rings is 1. The number of aromatic nitrogens is 2. The summed E-state index contributed by atoms with van der Waals surface area (Å²) in [6.07, 6.45) is 6.30. The number of likely N-dealkylation sites (tertiary alicyclic amines) is 1. The first kappa shape index (κ1) is 16.1. The smallest absolute Gasteiger partial charge is 0.242 e. The lowest BCUT2D eigenvalue weighted by atomic mass is 10.1. The highest BCUT2D eigenvalue weighted by atomic mass is 32.2. The minimum absolute atomic E-state index is 0.0164. The lowest BCUT2D eigenvalue weighted by Crippen LogP contribution is -2.48. The summed E-state index contributed by atoms with van der Waals surface area (Å²) in [5.74, 6) is 0.581. The van der Waals surface area contributed by atoms with Crippen molar-refractivity contribution in [3.05, 3.63) is 18.6 Å². The minimum Gasteiger partial charge on any atom is -0.471 e. The first-order valence-electron chi connectivity index (χ1n) is 7.31. The zero-order chi connectivity index (χ0) is 16.2. The molecule has 2 aliphatic rings. The summed E-state index contributed by atoms with van der Waals surface area (Å²) in [6.45, 7) is 1.17. The van der Waals surface area contributed by atoms with Gasteiger partial charge in [-0.1, -0.05) is 24.0 Å². The predicted octanol–water partition coefficient (Wildman–Crippen LogP) is 0.707. The number of carbonyl (C=O) groups is 2. The van der Waals surface area contributed by atoms with E-state index in [1.165, 1.54) is 16.7 Å². The number of amides is 2. The predicted molar refractivity (Wildman–Crippen MR) is 89.0 cm³/mol. The van der Waals surface area contributed by atoms with E-state index >= 15 is 0 Å². The van der Waals surface area contributed by atoms with Crippen LogP contribution in [0.2, 0.25) is 0 Å². The van der Waals surface area contributed by atoms with Crippen LogP contribution in [-0.2, 0) is 9.59 Å². The lowest BCUT2D eigenvalue weighted by Gasteiger charge is -2.33. The molecule has 1 unspecified atom stereocenters. The molecule has 3 rings (SSSR count). The first-order chi connectivity index (χ1) is 11.1. The Bertz CT molecular complexity index is 597. The highest BCUT2D eigenvalue weighted by molar-refractivity contribution is 8.23. The monoisotopic (exact) mass is 352 g/mol. The third kappa shape index (κ3) is 3.97. The summed E-state index contributed by atoms with van der Waals surface area (Å²) in [4.78, 5) is 35.3. The topological polar surface area (TPSA) is 75.6 Å². The molecule has 0 aliphatic carbocycles. The standard InChI is InChI=1S/C14H16N4O3S2/c19-12(8-18-13(20)9-23-14(18)22)17-5-1-2-10(7-17)21-11-6-15-3-4-16-11/h3-4,6,10H,1-2,5,7-9H2. The van der Waals surface area contributed by atoms with E-state index in [0.29, 0.717) is 29.0 Å². The molecular formula is C14H16N4O3S2. The molecule has 0 N–H and O–H groups in total. The fraction of sp³-hybridized carbons (Fsp3) is 0.500. The van der Waals surface area contributed by atoms with Gasteiger partial charge in [-0.15, -0.1) is 0 Å². The van der Waals surface area contributed by atoms with Crippen molar-refractivity contribution in [3.8, 4) is 5.88 Å². The van der Waals surface area contributed by atoms with E-state index in [4.69, 9.17) is 17.0 Å². The number of hydrogen-bond acceptors (Lipinski definition) is 7. The number of thioether (sulfide) groups is 1. The average molecular weight is 352 g/mol. The van der Waals surface area contributed by atoms with Gasteiger partial charge in [-0.2, -0.15) is 0 Å². The van der Waals surface area contributed by atoms with Crippen LogP contribution in [0, 0.1) is 0 Å². The summed E-state index contributed by atoms with van der Waals surface area (Å²) in [5.41, 5.74) is 0. The second kappa shape index (κ2) is 7.22. The zero-order valence-corrected chi connectivity index (χ0v) is 14.0. The van der Waals surface area contributed by atoms with Gasteiger partial charge in [0.15, 0.2) is 0 Å². The summed E-state index contributed by atoms with van der Waals surface area (Å²) in [6, 6.07) is 0. The summed E-state index contributed by atoms with van der Waals surface area (Å²) in [5, 5.41) is 0. The van der Waals surface area contributed by atoms with Crippen LogP contribution in [0.4, 0.5) is 0 Å². The lowest BCUT2D eigenvalue weighted by molar-refractivity contribution is -0.137. The van der Waals surface area contributed by atoms with Gasteiger partial charge in [-0.3, -0.25) is 19.5 Å². The Balaban J connectivity index is 1.56. The van der Waals surface area contributed by atoms with Crippen LogP contribution in [0.3, 0.4) is 0 Å². The first-order valence-corrected chi connectivity index (χ1v) is 8.70. The second-order valence-corrected chi connectivity index (χ2v) is 6.91. The molecule has 122 valence electrons. The molecule has 0 bridgehead atoms. The molecule has 1 aromatic rings. The molecule has 9 heteroatoms. The molecule has 2 fully saturated rings. The normalized spacial score (nSPS) is 21.7. The van der Waals surface area contributed by atoms with Crippen LogP contribution in [0.1, 0.15) is 12.8 Å². The number of rotatable bonds is 4. The molecule has 2 saturated heterocycles.